The number of nitrogens with zero attached hydrogens (tertiary/aromatic N) is 1. The molecule has 0 aliphatic carbocycles. The van der Waals surface area contributed by atoms with E-state index in [0.717, 1.165) is 17.4 Å². The van der Waals surface area contributed by atoms with E-state index in [1.807, 2.05) is 0 Å². The molecule has 1 aliphatic heterocycles. The van der Waals surface area contributed by atoms with Gasteiger partial charge in [0, 0.05) is 0 Å². The lowest BCUT2D eigenvalue weighted by Crippen LogP contribution is -2.49. The van der Waals surface area contributed by atoms with Crippen LogP contribution in [-0.4, -0.2) is 54.0 Å². The Morgan fingerprint density at radius 2 is 1.50 bits per heavy atom. The zero-order valence-corrected chi connectivity index (χ0v) is 15.3. The fourth-order valence-corrected chi connectivity index (χ4v) is 3.27. The van der Waals surface area contributed by atoms with Crippen LogP contribution in [0.1, 0.15) is 24.0 Å². The Kier molecular flexibility index (Phi) is 6.53. The zero-order valence-electron chi connectivity index (χ0n) is 15.3. The van der Waals surface area contributed by atoms with Gasteiger partial charge in [0.2, 0.25) is 0 Å². The topological polar surface area (TPSA) is 80.6 Å². The summed E-state index contributed by atoms with van der Waals surface area (Å²) in [5, 5.41) is 30.9. The molecule has 0 radical (unpaired) electrons. The van der Waals surface area contributed by atoms with Crippen LogP contribution < -0.4 is 5.11 Å². The molecule has 0 aromatic heterocycles. The molecule has 0 amide bonds. The fourth-order valence-electron chi connectivity index (χ4n) is 3.27. The van der Waals surface area contributed by atoms with E-state index >= 15 is 0 Å². The minimum Gasteiger partial charge on any atom is -0.546 e. The van der Waals surface area contributed by atoms with Crippen molar-refractivity contribution in [1.29, 1.82) is 0 Å². The number of carboxylic acid groups (broad SMARTS) is 1. The minimum atomic E-state index is -2.11. The summed E-state index contributed by atoms with van der Waals surface area (Å²) >= 11 is 0. The second-order valence-electron chi connectivity index (χ2n) is 7.37. The van der Waals surface area contributed by atoms with Gasteiger partial charge >= 0.3 is 0 Å². The number of likely N-dealkylation sites (N-methyl/N-ethyl adjacent to an activating group) is 1. The largest absolute Gasteiger partial charge is 0.546 e. The number of carbonyl (C=O) groups is 1. The van der Waals surface area contributed by atoms with Crippen molar-refractivity contribution >= 4 is 5.97 Å². The van der Waals surface area contributed by atoms with Crippen LogP contribution in [0.5, 0.6) is 0 Å². The molecule has 140 valence electrons. The first-order valence-corrected chi connectivity index (χ1v) is 8.80. The molecular weight excluding hydrogens is 330 g/mol. The number of aliphatic carboxylic acids is 1. The van der Waals surface area contributed by atoms with Gasteiger partial charge < -0.3 is 24.6 Å². The third-order valence-corrected chi connectivity index (χ3v) is 4.68. The van der Waals surface area contributed by atoms with Crippen LogP contribution in [0, 0.1) is 0 Å². The highest BCUT2D eigenvalue weighted by atomic mass is 16.4. The summed E-state index contributed by atoms with van der Waals surface area (Å²) < 4.78 is 0.987. The van der Waals surface area contributed by atoms with Crippen molar-refractivity contribution in [2.45, 2.75) is 24.5 Å². The fraction of sp³-hybridized carbons (Fsp3) is 0.381. The van der Waals surface area contributed by atoms with E-state index in [1.54, 1.807) is 60.7 Å². The lowest BCUT2D eigenvalue weighted by Gasteiger charge is -2.35. The number of quaternary nitrogens is 1. The van der Waals surface area contributed by atoms with Crippen molar-refractivity contribution in [3.05, 3.63) is 71.8 Å². The number of piperidine rings is 1. The van der Waals surface area contributed by atoms with E-state index in [0.29, 0.717) is 0 Å². The maximum absolute atomic E-state index is 11.3. The summed E-state index contributed by atoms with van der Waals surface area (Å²) in [5.41, 5.74) is -1.54. The number of benzene rings is 2. The van der Waals surface area contributed by atoms with Gasteiger partial charge in [0.15, 0.2) is 5.60 Å². The predicted molar refractivity (Wildman–Crippen MR) is 98.0 cm³/mol. The Morgan fingerprint density at radius 1 is 1.04 bits per heavy atom. The van der Waals surface area contributed by atoms with Crippen molar-refractivity contribution in [3.63, 3.8) is 0 Å². The van der Waals surface area contributed by atoms with Gasteiger partial charge in [-0.05, 0) is 24.0 Å². The van der Waals surface area contributed by atoms with Crippen LogP contribution in [-0.2, 0) is 10.4 Å². The second-order valence-corrected chi connectivity index (χ2v) is 7.37. The Bertz CT molecular complexity index is 661. The number of likely N-dealkylation sites (tertiary alicyclic amines) is 1. The predicted octanol–water partition coefficient (Wildman–Crippen LogP) is 0.890. The molecule has 1 heterocycles. The molecule has 1 saturated heterocycles. The van der Waals surface area contributed by atoms with E-state index in [4.69, 9.17) is 0 Å². The summed E-state index contributed by atoms with van der Waals surface area (Å²) in [4.78, 5) is 11.3. The SMILES string of the molecule is C[N+]1(C)CCCC(O)C1.O=C([O-])C(O)(c1ccccc1)c1ccccc1. The van der Waals surface area contributed by atoms with Crippen LogP contribution >= 0.6 is 0 Å². The molecule has 2 aromatic carbocycles. The summed E-state index contributed by atoms with van der Waals surface area (Å²) in [6, 6.07) is 16.4. The molecule has 1 atom stereocenters. The van der Waals surface area contributed by atoms with E-state index in [2.05, 4.69) is 14.1 Å². The number of rotatable bonds is 3. The van der Waals surface area contributed by atoms with Crippen LogP contribution in [0.2, 0.25) is 0 Å². The van der Waals surface area contributed by atoms with Crippen molar-refractivity contribution in [2.24, 2.45) is 0 Å². The molecule has 1 fully saturated rings. The lowest BCUT2D eigenvalue weighted by atomic mass is 9.86. The summed E-state index contributed by atoms with van der Waals surface area (Å²) in [5.74, 6) is -1.53. The second kappa shape index (κ2) is 8.45. The molecule has 3 rings (SSSR count). The van der Waals surface area contributed by atoms with Crippen molar-refractivity contribution in [3.8, 4) is 0 Å². The Balaban J connectivity index is 0.000000228. The highest BCUT2D eigenvalue weighted by Gasteiger charge is 2.32. The number of hydrogen-bond acceptors (Lipinski definition) is 4. The number of carboxylic acids is 1. The monoisotopic (exact) mass is 357 g/mol. The number of carbonyl (C=O) groups excluding carboxylic acids is 1. The van der Waals surface area contributed by atoms with Gasteiger partial charge in [0.05, 0.1) is 26.6 Å². The normalized spacial score (nSPS) is 19.2. The maximum atomic E-state index is 11.3. The van der Waals surface area contributed by atoms with E-state index in [1.165, 1.54) is 13.0 Å². The molecule has 2 N–H and O–H groups in total. The third-order valence-electron chi connectivity index (χ3n) is 4.68. The minimum absolute atomic E-state index is 0.0475. The molecule has 1 unspecified atom stereocenters. The average molecular weight is 357 g/mol. The molecule has 2 aromatic rings. The highest BCUT2D eigenvalue weighted by Crippen LogP contribution is 2.28. The molecule has 26 heavy (non-hydrogen) atoms. The number of hydrogen-bond donors (Lipinski definition) is 2. The lowest BCUT2D eigenvalue weighted by molar-refractivity contribution is -0.898. The number of aliphatic hydroxyl groups excluding tert-OH is 1. The quantitative estimate of drug-likeness (QED) is 0.800. The highest BCUT2D eigenvalue weighted by molar-refractivity contribution is 5.81. The van der Waals surface area contributed by atoms with E-state index in [9.17, 15) is 20.1 Å². The van der Waals surface area contributed by atoms with Crippen molar-refractivity contribution < 1.29 is 24.6 Å². The summed E-state index contributed by atoms with van der Waals surface area (Å²) in [7, 11) is 4.34. The molecule has 1 aliphatic rings. The smallest absolute Gasteiger partial charge is 0.154 e. The van der Waals surface area contributed by atoms with Gasteiger partial charge in [-0.15, -0.1) is 0 Å². The molecule has 0 bridgehead atoms. The van der Waals surface area contributed by atoms with Gasteiger partial charge in [-0.2, -0.15) is 0 Å². The van der Waals surface area contributed by atoms with Gasteiger partial charge in [0.25, 0.3) is 0 Å². The third kappa shape index (κ3) is 4.91. The molecule has 0 saturated carbocycles. The maximum Gasteiger partial charge on any atom is 0.154 e. The van der Waals surface area contributed by atoms with Crippen molar-refractivity contribution in [1.82, 2.24) is 0 Å². The van der Waals surface area contributed by atoms with Crippen LogP contribution in [0.4, 0.5) is 0 Å². The van der Waals surface area contributed by atoms with Crippen LogP contribution in [0.3, 0.4) is 0 Å². The van der Waals surface area contributed by atoms with E-state index < -0.39 is 11.6 Å². The first-order valence-electron chi connectivity index (χ1n) is 8.80. The average Bonchev–Trinajstić information content (AvgIpc) is 2.62. The molecule has 5 heteroatoms. The van der Waals surface area contributed by atoms with Crippen LogP contribution in [0.25, 0.3) is 0 Å². The van der Waals surface area contributed by atoms with Gasteiger partial charge in [-0.1, -0.05) is 60.7 Å². The number of aliphatic hydroxyl groups is 2. The molecular formula is C21H27NO4. The van der Waals surface area contributed by atoms with Crippen LogP contribution in [0.15, 0.2) is 60.7 Å². The molecule has 5 nitrogen and oxygen atoms in total. The standard InChI is InChI=1S/C14H12O3.C7H16NO/c15-13(16)14(17,11-7-3-1-4-8-11)12-9-5-2-6-10-12;1-8(2)5-3-4-7(9)6-8/h1-10,17H,(H,15,16);7,9H,3-6H2,1-2H3/q;+1/p-1. The molecule has 0 spiro atoms. The van der Waals surface area contributed by atoms with Gasteiger partial charge in [-0.3, -0.25) is 0 Å². The summed E-state index contributed by atoms with van der Waals surface area (Å²) in [6.07, 6.45) is 2.13. The van der Waals surface area contributed by atoms with Crippen molar-refractivity contribution in [2.75, 3.05) is 27.2 Å². The Morgan fingerprint density at radius 3 is 1.81 bits per heavy atom. The zero-order chi connectivity index (χ0) is 19.2. The first-order chi connectivity index (χ1) is 12.3. The van der Waals surface area contributed by atoms with E-state index in [-0.39, 0.29) is 17.2 Å². The van der Waals surface area contributed by atoms with Gasteiger partial charge in [-0.25, -0.2) is 0 Å². The Labute approximate surface area is 154 Å². The summed E-state index contributed by atoms with van der Waals surface area (Å²) in [6.45, 7) is 2.15. The van der Waals surface area contributed by atoms with Gasteiger partial charge in [0.1, 0.15) is 12.6 Å². The Hall–Kier alpha value is -2.21. The first kappa shape index (κ1) is 20.1.